The molecule has 3 rings (SSSR count). The number of hydrogen-bond donors (Lipinski definition) is 1. The van der Waals surface area contributed by atoms with Crippen LogP contribution in [-0.2, 0) is 4.79 Å². The maximum atomic E-state index is 12.0. The molecule has 2 saturated heterocycles. The van der Waals surface area contributed by atoms with Crippen molar-refractivity contribution >= 4 is 17.6 Å². The topological polar surface area (TPSA) is 56.3 Å². The van der Waals surface area contributed by atoms with Gasteiger partial charge in [0.15, 0.2) is 0 Å². The van der Waals surface area contributed by atoms with Gasteiger partial charge in [0.2, 0.25) is 0 Å². The smallest absolute Gasteiger partial charge is 0.325 e. The molecule has 7 heteroatoms. The van der Waals surface area contributed by atoms with Crippen LogP contribution in [0.25, 0.3) is 0 Å². The lowest BCUT2D eigenvalue weighted by atomic mass is 10.0. The van der Waals surface area contributed by atoms with Crippen molar-refractivity contribution in [3.05, 3.63) is 28.8 Å². The van der Waals surface area contributed by atoms with Gasteiger partial charge in [-0.05, 0) is 51.2 Å². The van der Waals surface area contributed by atoms with Gasteiger partial charge in [0.25, 0.3) is 0 Å². The molecule has 26 heavy (non-hydrogen) atoms. The van der Waals surface area contributed by atoms with E-state index >= 15 is 0 Å². The molecular formula is C19H28ClN3O3. The van der Waals surface area contributed by atoms with Crippen LogP contribution in [0, 0.1) is 0 Å². The Kier molecular flexibility index (Phi) is 6.40. The molecular weight excluding hydrogens is 354 g/mol. The van der Waals surface area contributed by atoms with Gasteiger partial charge >= 0.3 is 5.97 Å². The van der Waals surface area contributed by atoms with E-state index in [4.69, 9.17) is 16.3 Å². The third-order valence-electron chi connectivity index (χ3n) is 5.64. The lowest BCUT2D eigenvalue weighted by molar-refractivity contribution is -0.144. The second-order valence-electron chi connectivity index (χ2n) is 7.23. The zero-order chi connectivity index (χ0) is 18.7. The lowest BCUT2D eigenvalue weighted by Gasteiger charge is -2.43. The summed E-state index contributed by atoms with van der Waals surface area (Å²) in [5.74, 6) is -0.294. The highest BCUT2D eigenvalue weighted by atomic mass is 35.5. The Labute approximate surface area is 160 Å². The third kappa shape index (κ3) is 4.31. The van der Waals surface area contributed by atoms with Crippen molar-refractivity contribution in [3.8, 4) is 5.75 Å². The van der Waals surface area contributed by atoms with E-state index < -0.39 is 12.0 Å². The van der Waals surface area contributed by atoms with Gasteiger partial charge in [-0.15, -0.1) is 0 Å². The number of benzene rings is 1. The number of ether oxygens (including phenoxy) is 1. The predicted octanol–water partition coefficient (Wildman–Crippen LogP) is 2.19. The van der Waals surface area contributed by atoms with Crippen LogP contribution in [0.15, 0.2) is 18.2 Å². The van der Waals surface area contributed by atoms with Crippen LogP contribution >= 0.6 is 11.6 Å². The fourth-order valence-electron chi connectivity index (χ4n) is 4.13. The van der Waals surface area contributed by atoms with Gasteiger partial charge in [0, 0.05) is 42.8 Å². The fourth-order valence-corrected chi connectivity index (χ4v) is 4.31. The predicted molar refractivity (Wildman–Crippen MR) is 102 cm³/mol. The molecule has 2 fully saturated rings. The van der Waals surface area contributed by atoms with E-state index in [1.807, 2.05) is 4.90 Å². The summed E-state index contributed by atoms with van der Waals surface area (Å²) >= 11 is 6.12. The van der Waals surface area contributed by atoms with Crippen LogP contribution in [0.1, 0.15) is 24.4 Å². The van der Waals surface area contributed by atoms with Crippen molar-refractivity contribution in [2.24, 2.45) is 0 Å². The Bertz CT molecular complexity index is 626. The highest BCUT2D eigenvalue weighted by Crippen LogP contribution is 2.33. The molecule has 0 aliphatic carbocycles. The molecule has 1 atom stereocenters. The average molecular weight is 382 g/mol. The number of methoxy groups -OCH3 is 1. The molecule has 6 nitrogen and oxygen atoms in total. The van der Waals surface area contributed by atoms with Crippen molar-refractivity contribution in [2.75, 3.05) is 53.4 Å². The first-order valence-corrected chi connectivity index (χ1v) is 9.60. The molecule has 0 amide bonds. The second kappa shape index (κ2) is 8.57. The summed E-state index contributed by atoms with van der Waals surface area (Å²) in [5.41, 5.74) is 0.625. The van der Waals surface area contributed by atoms with E-state index in [2.05, 4.69) is 16.8 Å². The first kappa shape index (κ1) is 19.4. The van der Waals surface area contributed by atoms with Crippen LogP contribution in [0.3, 0.4) is 0 Å². The Morgan fingerprint density at radius 2 is 1.85 bits per heavy atom. The summed E-state index contributed by atoms with van der Waals surface area (Å²) in [7, 11) is 3.73. The minimum absolute atomic E-state index is 0.525. The maximum absolute atomic E-state index is 12.0. The van der Waals surface area contributed by atoms with Crippen molar-refractivity contribution in [3.63, 3.8) is 0 Å². The largest absolute Gasteiger partial charge is 0.496 e. The standard InChI is InChI=1S/C19H28ClN3O3/c1-21-7-5-15(6-8-21)22-9-11-23(12-10-22)18(19(24)25)16-13-14(20)3-4-17(16)26-2/h3-4,13,15,18H,5-12H2,1-2H3,(H,24,25). The average Bonchev–Trinajstić information content (AvgIpc) is 2.63. The molecule has 1 aromatic rings. The number of piperidine rings is 1. The minimum Gasteiger partial charge on any atom is -0.496 e. The molecule has 1 N–H and O–H groups in total. The fraction of sp³-hybridized carbons (Fsp3) is 0.632. The molecule has 1 unspecified atom stereocenters. The molecule has 2 aliphatic heterocycles. The van der Waals surface area contributed by atoms with Crippen LogP contribution in [0.4, 0.5) is 0 Å². The number of piperazine rings is 1. The number of rotatable bonds is 5. The van der Waals surface area contributed by atoms with E-state index in [0.29, 0.717) is 22.4 Å². The molecule has 144 valence electrons. The normalized spacial score (nSPS) is 22.3. The summed E-state index contributed by atoms with van der Waals surface area (Å²) < 4.78 is 5.38. The van der Waals surface area contributed by atoms with Gasteiger partial charge in [0.1, 0.15) is 11.8 Å². The summed E-state index contributed by atoms with van der Waals surface area (Å²) in [4.78, 5) is 19.0. The Balaban J connectivity index is 1.69. The van der Waals surface area contributed by atoms with E-state index in [1.165, 1.54) is 12.8 Å². The molecule has 2 aliphatic rings. The summed E-state index contributed by atoms with van der Waals surface area (Å²) in [6, 6.07) is 5.06. The minimum atomic E-state index is -0.863. The summed E-state index contributed by atoms with van der Waals surface area (Å²) in [5, 5.41) is 10.4. The van der Waals surface area contributed by atoms with Crippen molar-refractivity contribution in [1.29, 1.82) is 0 Å². The van der Waals surface area contributed by atoms with Crippen molar-refractivity contribution in [1.82, 2.24) is 14.7 Å². The number of nitrogens with zero attached hydrogens (tertiary/aromatic N) is 3. The number of likely N-dealkylation sites (tertiary alicyclic amines) is 1. The third-order valence-corrected chi connectivity index (χ3v) is 5.87. The highest BCUT2D eigenvalue weighted by Gasteiger charge is 2.34. The number of aliphatic carboxylic acids is 1. The zero-order valence-corrected chi connectivity index (χ0v) is 16.3. The van der Waals surface area contributed by atoms with E-state index in [-0.39, 0.29) is 0 Å². The van der Waals surface area contributed by atoms with Crippen LogP contribution < -0.4 is 4.74 Å². The Morgan fingerprint density at radius 3 is 2.42 bits per heavy atom. The van der Waals surface area contributed by atoms with Crippen molar-refractivity contribution < 1.29 is 14.6 Å². The molecule has 2 heterocycles. The van der Waals surface area contributed by atoms with E-state index in [9.17, 15) is 9.90 Å². The molecule has 0 saturated carbocycles. The number of hydrogen-bond acceptors (Lipinski definition) is 5. The SMILES string of the molecule is COc1ccc(Cl)cc1C(C(=O)O)N1CCN(C2CCN(C)CC2)CC1. The zero-order valence-electron chi connectivity index (χ0n) is 15.5. The van der Waals surface area contributed by atoms with Crippen LogP contribution in [-0.4, -0.2) is 85.2 Å². The van der Waals surface area contributed by atoms with Crippen LogP contribution in [0.2, 0.25) is 5.02 Å². The molecule has 0 spiro atoms. The number of halogens is 1. The van der Waals surface area contributed by atoms with Gasteiger partial charge in [-0.2, -0.15) is 0 Å². The van der Waals surface area contributed by atoms with E-state index in [1.54, 1.807) is 25.3 Å². The number of carbonyl (C=O) groups is 1. The molecule has 0 aromatic heterocycles. The number of carboxylic acid groups (broad SMARTS) is 1. The van der Waals surface area contributed by atoms with Crippen molar-refractivity contribution in [2.45, 2.75) is 24.9 Å². The van der Waals surface area contributed by atoms with E-state index in [0.717, 1.165) is 39.3 Å². The first-order chi connectivity index (χ1) is 12.5. The van der Waals surface area contributed by atoms with Gasteiger partial charge in [0.05, 0.1) is 7.11 Å². The molecule has 0 bridgehead atoms. The molecule has 1 aromatic carbocycles. The quantitative estimate of drug-likeness (QED) is 0.843. The highest BCUT2D eigenvalue weighted by molar-refractivity contribution is 6.30. The monoisotopic (exact) mass is 381 g/mol. The summed E-state index contributed by atoms with van der Waals surface area (Å²) in [6.45, 7) is 5.56. The van der Waals surface area contributed by atoms with Gasteiger partial charge < -0.3 is 14.7 Å². The van der Waals surface area contributed by atoms with Crippen LogP contribution in [0.5, 0.6) is 5.75 Å². The number of carboxylic acids is 1. The van der Waals surface area contributed by atoms with Gasteiger partial charge in [-0.25, -0.2) is 0 Å². The summed E-state index contributed by atoms with van der Waals surface area (Å²) in [6.07, 6.45) is 2.39. The first-order valence-electron chi connectivity index (χ1n) is 9.22. The second-order valence-corrected chi connectivity index (χ2v) is 7.67. The van der Waals surface area contributed by atoms with Gasteiger partial charge in [-0.3, -0.25) is 14.6 Å². The lowest BCUT2D eigenvalue weighted by Crippen LogP contribution is -2.54. The Morgan fingerprint density at radius 1 is 1.19 bits per heavy atom. The van der Waals surface area contributed by atoms with Gasteiger partial charge in [-0.1, -0.05) is 11.6 Å². The molecule has 0 radical (unpaired) electrons. The maximum Gasteiger partial charge on any atom is 0.325 e. The Hall–Kier alpha value is -1.34.